The zero-order valence-electron chi connectivity index (χ0n) is 11.9. The van der Waals surface area contributed by atoms with Gasteiger partial charge in [0.25, 0.3) is 0 Å². The van der Waals surface area contributed by atoms with E-state index in [1.54, 1.807) is 0 Å². The normalized spacial score (nSPS) is 11.5. The summed E-state index contributed by atoms with van der Waals surface area (Å²) in [7, 11) is 0. The fourth-order valence-electron chi connectivity index (χ4n) is 2.19. The molecule has 0 radical (unpaired) electrons. The van der Waals surface area contributed by atoms with Gasteiger partial charge in [0.15, 0.2) is 0 Å². The highest BCUT2D eigenvalue weighted by Gasteiger charge is 2.00. The standard InChI is InChI=1S/C16H24N2O/c1-13(2)19-11-4-3-9-17-12-15-7-5-6-14-8-10-18-16(14)15/h5-8,10,13,17-18H,3-4,9,11-12H2,1-2H3. The van der Waals surface area contributed by atoms with Gasteiger partial charge in [0.2, 0.25) is 0 Å². The van der Waals surface area contributed by atoms with Crippen molar-refractivity contribution in [2.24, 2.45) is 0 Å². The Morgan fingerprint density at radius 3 is 2.95 bits per heavy atom. The van der Waals surface area contributed by atoms with Crippen LogP contribution in [0.1, 0.15) is 32.3 Å². The summed E-state index contributed by atoms with van der Waals surface area (Å²) in [6, 6.07) is 8.54. The molecule has 2 rings (SSSR count). The van der Waals surface area contributed by atoms with E-state index in [4.69, 9.17) is 4.74 Å². The van der Waals surface area contributed by atoms with Crippen LogP contribution in [0.5, 0.6) is 0 Å². The molecule has 2 aromatic rings. The molecular weight excluding hydrogens is 236 g/mol. The van der Waals surface area contributed by atoms with Crippen LogP contribution < -0.4 is 5.32 Å². The zero-order valence-corrected chi connectivity index (χ0v) is 11.9. The van der Waals surface area contributed by atoms with E-state index in [9.17, 15) is 0 Å². The summed E-state index contributed by atoms with van der Waals surface area (Å²) in [6.07, 6.45) is 4.63. The molecule has 0 bridgehead atoms. The highest BCUT2D eigenvalue weighted by Crippen LogP contribution is 2.16. The first-order valence-electron chi connectivity index (χ1n) is 7.14. The van der Waals surface area contributed by atoms with Crippen molar-refractivity contribution in [1.29, 1.82) is 0 Å². The van der Waals surface area contributed by atoms with Crippen molar-refractivity contribution in [3.05, 3.63) is 36.0 Å². The second kappa shape index (κ2) is 7.31. The predicted octanol–water partition coefficient (Wildman–Crippen LogP) is 3.46. The van der Waals surface area contributed by atoms with Crippen LogP contribution in [0.15, 0.2) is 30.5 Å². The molecule has 0 aliphatic rings. The number of benzene rings is 1. The molecule has 1 aromatic heterocycles. The Kier molecular flexibility index (Phi) is 5.43. The number of unbranched alkanes of at least 4 members (excludes halogenated alkanes) is 1. The minimum absolute atomic E-state index is 0.346. The van der Waals surface area contributed by atoms with Gasteiger partial charge >= 0.3 is 0 Å². The lowest BCUT2D eigenvalue weighted by atomic mass is 10.1. The smallest absolute Gasteiger partial charge is 0.0518 e. The van der Waals surface area contributed by atoms with E-state index in [1.807, 2.05) is 6.20 Å². The van der Waals surface area contributed by atoms with Gasteiger partial charge in [-0.15, -0.1) is 0 Å². The van der Waals surface area contributed by atoms with Crippen molar-refractivity contribution in [3.63, 3.8) is 0 Å². The Bertz CT molecular complexity index is 490. The van der Waals surface area contributed by atoms with Crippen LogP contribution in [0, 0.1) is 0 Å². The summed E-state index contributed by atoms with van der Waals surface area (Å²) in [5, 5.41) is 4.78. The molecule has 0 saturated heterocycles. The molecule has 0 aliphatic carbocycles. The third-order valence-corrected chi connectivity index (χ3v) is 3.19. The van der Waals surface area contributed by atoms with Gasteiger partial charge in [0, 0.05) is 24.9 Å². The maximum atomic E-state index is 5.52. The van der Waals surface area contributed by atoms with Crippen LogP contribution in [-0.2, 0) is 11.3 Å². The van der Waals surface area contributed by atoms with E-state index in [0.29, 0.717) is 6.10 Å². The maximum Gasteiger partial charge on any atom is 0.0518 e. The molecule has 0 aliphatic heterocycles. The lowest BCUT2D eigenvalue weighted by Crippen LogP contribution is -2.15. The Labute approximate surface area is 115 Å². The molecule has 0 spiro atoms. The predicted molar refractivity (Wildman–Crippen MR) is 80.3 cm³/mol. The first-order chi connectivity index (χ1) is 9.27. The Balaban J connectivity index is 1.67. The second-order valence-corrected chi connectivity index (χ2v) is 5.16. The molecule has 0 fully saturated rings. The quantitative estimate of drug-likeness (QED) is 0.713. The molecule has 1 aromatic carbocycles. The van der Waals surface area contributed by atoms with Gasteiger partial charge in [0.1, 0.15) is 0 Å². The fourth-order valence-corrected chi connectivity index (χ4v) is 2.19. The minimum atomic E-state index is 0.346. The number of ether oxygens (including phenoxy) is 1. The van der Waals surface area contributed by atoms with Gasteiger partial charge in [-0.1, -0.05) is 18.2 Å². The summed E-state index contributed by atoms with van der Waals surface area (Å²) < 4.78 is 5.52. The van der Waals surface area contributed by atoms with Gasteiger partial charge in [-0.2, -0.15) is 0 Å². The zero-order chi connectivity index (χ0) is 13.5. The van der Waals surface area contributed by atoms with Gasteiger partial charge in [-0.3, -0.25) is 0 Å². The molecule has 0 saturated carbocycles. The number of para-hydroxylation sites is 1. The lowest BCUT2D eigenvalue weighted by molar-refractivity contribution is 0.0760. The van der Waals surface area contributed by atoms with E-state index < -0.39 is 0 Å². The van der Waals surface area contributed by atoms with Crippen LogP contribution in [0.25, 0.3) is 10.9 Å². The number of rotatable bonds is 8. The monoisotopic (exact) mass is 260 g/mol. The molecular formula is C16H24N2O. The molecule has 0 atom stereocenters. The second-order valence-electron chi connectivity index (χ2n) is 5.16. The first-order valence-corrected chi connectivity index (χ1v) is 7.14. The van der Waals surface area contributed by atoms with E-state index in [0.717, 1.165) is 32.5 Å². The van der Waals surface area contributed by atoms with Gasteiger partial charge in [0.05, 0.1) is 6.10 Å². The summed E-state index contributed by atoms with van der Waals surface area (Å²) in [5.41, 5.74) is 2.58. The average molecular weight is 260 g/mol. The molecule has 3 heteroatoms. The fraction of sp³-hybridized carbons (Fsp3) is 0.500. The van der Waals surface area contributed by atoms with Crippen molar-refractivity contribution >= 4 is 10.9 Å². The highest BCUT2D eigenvalue weighted by atomic mass is 16.5. The molecule has 1 heterocycles. The third kappa shape index (κ3) is 4.37. The van der Waals surface area contributed by atoms with Gasteiger partial charge in [-0.25, -0.2) is 0 Å². The largest absolute Gasteiger partial charge is 0.379 e. The molecule has 19 heavy (non-hydrogen) atoms. The van der Waals surface area contributed by atoms with Crippen LogP contribution in [-0.4, -0.2) is 24.2 Å². The molecule has 3 nitrogen and oxygen atoms in total. The van der Waals surface area contributed by atoms with E-state index in [2.05, 4.69) is 48.4 Å². The van der Waals surface area contributed by atoms with Crippen LogP contribution >= 0.6 is 0 Å². The topological polar surface area (TPSA) is 37.0 Å². The lowest BCUT2D eigenvalue weighted by Gasteiger charge is -2.08. The molecule has 2 N–H and O–H groups in total. The maximum absolute atomic E-state index is 5.52. The molecule has 0 amide bonds. The van der Waals surface area contributed by atoms with Crippen molar-refractivity contribution in [1.82, 2.24) is 10.3 Å². The van der Waals surface area contributed by atoms with Gasteiger partial charge in [-0.05, 0) is 50.2 Å². The van der Waals surface area contributed by atoms with E-state index in [1.165, 1.54) is 16.5 Å². The minimum Gasteiger partial charge on any atom is -0.379 e. The summed E-state index contributed by atoms with van der Waals surface area (Å²) >= 11 is 0. The Morgan fingerprint density at radius 1 is 1.21 bits per heavy atom. The summed E-state index contributed by atoms with van der Waals surface area (Å²) in [5.74, 6) is 0. The molecule has 0 unspecified atom stereocenters. The number of nitrogens with one attached hydrogen (secondary N) is 2. The summed E-state index contributed by atoms with van der Waals surface area (Å²) in [4.78, 5) is 3.30. The Morgan fingerprint density at radius 2 is 2.11 bits per heavy atom. The van der Waals surface area contributed by atoms with Crippen molar-refractivity contribution in [3.8, 4) is 0 Å². The number of hydrogen-bond donors (Lipinski definition) is 2. The number of fused-ring (bicyclic) bond motifs is 1. The Hall–Kier alpha value is -1.32. The molecule has 104 valence electrons. The van der Waals surface area contributed by atoms with Crippen molar-refractivity contribution in [2.45, 2.75) is 39.3 Å². The summed E-state index contributed by atoms with van der Waals surface area (Å²) in [6.45, 7) is 6.98. The van der Waals surface area contributed by atoms with E-state index in [-0.39, 0.29) is 0 Å². The van der Waals surface area contributed by atoms with Crippen molar-refractivity contribution in [2.75, 3.05) is 13.2 Å². The van der Waals surface area contributed by atoms with E-state index >= 15 is 0 Å². The van der Waals surface area contributed by atoms with Crippen LogP contribution in [0.2, 0.25) is 0 Å². The first kappa shape index (κ1) is 14.1. The number of H-pyrrole nitrogens is 1. The third-order valence-electron chi connectivity index (χ3n) is 3.19. The highest BCUT2D eigenvalue weighted by molar-refractivity contribution is 5.82. The average Bonchev–Trinajstić information content (AvgIpc) is 2.86. The van der Waals surface area contributed by atoms with Gasteiger partial charge < -0.3 is 15.0 Å². The van der Waals surface area contributed by atoms with Crippen molar-refractivity contribution < 1.29 is 4.74 Å². The number of hydrogen-bond acceptors (Lipinski definition) is 2. The van der Waals surface area contributed by atoms with Crippen LogP contribution in [0.3, 0.4) is 0 Å². The SMILES string of the molecule is CC(C)OCCCCNCc1cccc2cc[nH]c12. The number of aromatic nitrogens is 1. The number of aromatic amines is 1. The van der Waals surface area contributed by atoms with Crippen LogP contribution in [0.4, 0.5) is 0 Å².